The number of hydrogen-bond acceptors (Lipinski definition) is 9. The number of thiophene rings is 1. The first kappa shape index (κ1) is 25.5. The Balaban J connectivity index is 1.40. The van der Waals surface area contributed by atoms with Crippen LogP contribution in [0.5, 0.6) is 0 Å². The Morgan fingerprint density at radius 1 is 1.18 bits per heavy atom. The summed E-state index contributed by atoms with van der Waals surface area (Å²) in [5, 5.41) is 6.48. The Morgan fingerprint density at radius 3 is 2.63 bits per heavy atom. The van der Waals surface area contributed by atoms with E-state index in [9.17, 15) is 31.2 Å². The molecule has 3 heterocycles. The first-order chi connectivity index (χ1) is 17.9. The molecule has 12 nitrogen and oxygen atoms in total. The van der Waals surface area contributed by atoms with E-state index in [0.717, 1.165) is 29.5 Å². The topological polar surface area (TPSA) is 171 Å². The molecule has 0 aliphatic carbocycles. The molecule has 0 spiro atoms. The minimum atomic E-state index is -4.12. The molecule has 196 valence electrons. The predicted molar refractivity (Wildman–Crippen MR) is 136 cm³/mol. The van der Waals surface area contributed by atoms with Crippen LogP contribution in [0.1, 0.15) is 22.8 Å². The Labute approximate surface area is 219 Å². The smallest absolute Gasteiger partial charge is 0.333 e. The molecule has 2 aliphatic heterocycles. The van der Waals surface area contributed by atoms with E-state index in [1.54, 1.807) is 4.72 Å². The largest absolute Gasteiger partial charge is 0.342 e. The molecule has 0 saturated heterocycles. The van der Waals surface area contributed by atoms with Gasteiger partial charge < -0.3 is 10.6 Å². The van der Waals surface area contributed by atoms with Gasteiger partial charge >= 0.3 is 6.03 Å². The van der Waals surface area contributed by atoms with Gasteiger partial charge in [-0.1, -0.05) is 6.07 Å². The lowest BCUT2D eigenvalue weighted by Crippen LogP contribution is -2.43. The van der Waals surface area contributed by atoms with Gasteiger partial charge in [-0.25, -0.2) is 27.2 Å². The molecular formula is C22H16FN5O7S3. The molecule has 2 aromatic carbocycles. The van der Waals surface area contributed by atoms with Crippen LogP contribution in [0.25, 0.3) is 0 Å². The van der Waals surface area contributed by atoms with Crippen molar-refractivity contribution >= 4 is 72.1 Å². The van der Waals surface area contributed by atoms with Crippen molar-refractivity contribution in [3.63, 3.8) is 0 Å². The maximum atomic E-state index is 15.1. The van der Waals surface area contributed by atoms with Gasteiger partial charge in [0.1, 0.15) is 20.8 Å². The molecule has 3 N–H and O–H groups in total. The second kappa shape index (κ2) is 9.00. The van der Waals surface area contributed by atoms with Gasteiger partial charge in [0.15, 0.2) is 0 Å². The number of halogens is 1. The molecule has 3 aromatic rings. The summed E-state index contributed by atoms with van der Waals surface area (Å²) in [5.74, 6) is -2.64. The zero-order chi connectivity index (χ0) is 27.4. The average molecular weight is 578 g/mol. The molecule has 0 unspecified atom stereocenters. The first-order valence-corrected chi connectivity index (χ1v) is 14.5. The number of fused-ring (bicyclic) bond motifs is 2. The number of sulfonamides is 2. The maximum Gasteiger partial charge on any atom is 0.333 e. The number of imide groups is 1. The van der Waals surface area contributed by atoms with E-state index in [-0.39, 0.29) is 43.9 Å². The number of anilines is 3. The number of amidine groups is 1. The van der Waals surface area contributed by atoms with Crippen molar-refractivity contribution in [2.45, 2.75) is 22.4 Å². The first-order valence-electron chi connectivity index (χ1n) is 10.7. The van der Waals surface area contributed by atoms with Gasteiger partial charge in [0.25, 0.3) is 26.0 Å². The van der Waals surface area contributed by atoms with E-state index in [4.69, 9.17) is 0 Å². The second-order valence-corrected chi connectivity index (χ2v) is 12.6. The van der Waals surface area contributed by atoms with Crippen LogP contribution in [0.4, 0.5) is 26.2 Å². The molecule has 0 radical (unpaired) electrons. The van der Waals surface area contributed by atoms with Crippen molar-refractivity contribution in [3.8, 4) is 0 Å². The van der Waals surface area contributed by atoms with Gasteiger partial charge in [-0.15, -0.1) is 15.7 Å². The summed E-state index contributed by atoms with van der Waals surface area (Å²) in [5.41, 5.74) is -0.262. The highest BCUT2D eigenvalue weighted by Gasteiger charge is 2.36. The number of benzene rings is 2. The molecule has 0 saturated carbocycles. The lowest BCUT2D eigenvalue weighted by atomic mass is 9.97. The third-order valence-corrected chi connectivity index (χ3v) is 9.65. The second-order valence-electron chi connectivity index (χ2n) is 8.15. The van der Waals surface area contributed by atoms with Crippen molar-refractivity contribution < 1.29 is 35.6 Å². The Kier molecular flexibility index (Phi) is 6.04. The van der Waals surface area contributed by atoms with Gasteiger partial charge in [-0.2, -0.15) is 8.42 Å². The number of urea groups is 1. The SMILES string of the molecule is CC1=NS(=O)(=O)c2cc3c(cc2N1)CC(=O)N(c1ccc(NC(=O)NS(=O)(=O)c2cccs2)cc1F)C3=O. The van der Waals surface area contributed by atoms with Crippen molar-refractivity contribution in [1.29, 1.82) is 0 Å². The van der Waals surface area contributed by atoms with Crippen LogP contribution < -0.4 is 20.3 Å². The van der Waals surface area contributed by atoms with E-state index in [2.05, 4.69) is 15.0 Å². The van der Waals surface area contributed by atoms with E-state index in [1.165, 1.54) is 36.6 Å². The van der Waals surface area contributed by atoms with E-state index in [0.29, 0.717) is 4.90 Å². The molecule has 1 aromatic heterocycles. The number of nitrogens with zero attached hydrogens (tertiary/aromatic N) is 2. The minimum Gasteiger partial charge on any atom is -0.342 e. The van der Waals surface area contributed by atoms with E-state index >= 15 is 4.39 Å². The normalized spacial score (nSPS) is 16.2. The van der Waals surface area contributed by atoms with Gasteiger partial charge in [0.2, 0.25) is 5.91 Å². The van der Waals surface area contributed by atoms with Crippen LogP contribution in [0, 0.1) is 5.82 Å². The van der Waals surface area contributed by atoms with Crippen LogP contribution in [-0.2, 0) is 31.3 Å². The summed E-state index contributed by atoms with van der Waals surface area (Å²) in [4.78, 5) is 38.5. The molecule has 0 atom stereocenters. The fraction of sp³-hybridized carbons (Fsp3) is 0.0909. The van der Waals surface area contributed by atoms with Crippen LogP contribution in [0.3, 0.4) is 0 Å². The summed E-state index contributed by atoms with van der Waals surface area (Å²) in [7, 11) is -8.21. The van der Waals surface area contributed by atoms with Crippen molar-refractivity contribution in [2.24, 2.45) is 4.40 Å². The van der Waals surface area contributed by atoms with Gasteiger partial charge in [0, 0.05) is 11.3 Å². The number of carbonyl (C=O) groups is 3. The van der Waals surface area contributed by atoms with Crippen molar-refractivity contribution in [3.05, 3.63) is 64.8 Å². The summed E-state index contributed by atoms with van der Waals surface area (Å²) in [6, 6.07) is 7.15. The predicted octanol–water partition coefficient (Wildman–Crippen LogP) is 2.66. The highest BCUT2D eigenvalue weighted by Crippen LogP contribution is 2.35. The number of carbonyl (C=O) groups excluding carboxylic acids is 3. The van der Waals surface area contributed by atoms with Crippen LogP contribution in [-0.4, -0.2) is 40.5 Å². The molecule has 0 fully saturated rings. The lowest BCUT2D eigenvalue weighted by Gasteiger charge is -2.29. The monoisotopic (exact) mass is 577 g/mol. The Morgan fingerprint density at radius 2 is 1.95 bits per heavy atom. The zero-order valence-electron chi connectivity index (χ0n) is 19.2. The number of nitrogens with one attached hydrogen (secondary N) is 3. The van der Waals surface area contributed by atoms with E-state index < -0.39 is 49.4 Å². The number of rotatable bonds is 4. The number of hydrogen-bond donors (Lipinski definition) is 3. The molecule has 5 rings (SSSR count). The molecule has 16 heteroatoms. The standard InChI is InChI=1S/C22H16FN5O7S3/c1-11-24-16-7-12-8-19(29)28(21(30)14(12)10-18(16)37(32,33)26-11)17-5-4-13(9-15(17)23)25-22(31)27-38(34,35)20-3-2-6-36-20/h2-7,9-10H,8H2,1H3,(H,24,26)(H2,25,27,31). The van der Waals surface area contributed by atoms with Crippen LogP contribution in [0.2, 0.25) is 0 Å². The van der Waals surface area contributed by atoms with Crippen LogP contribution in [0.15, 0.2) is 61.3 Å². The highest BCUT2D eigenvalue weighted by molar-refractivity contribution is 7.92. The third-order valence-electron chi connectivity index (χ3n) is 5.51. The zero-order valence-corrected chi connectivity index (χ0v) is 21.6. The Bertz CT molecular complexity index is 1790. The van der Waals surface area contributed by atoms with Crippen LogP contribution >= 0.6 is 11.3 Å². The molecule has 2 aliphatic rings. The van der Waals surface area contributed by atoms with Gasteiger partial charge in [0.05, 0.1) is 17.8 Å². The summed E-state index contributed by atoms with van der Waals surface area (Å²) < 4.78 is 69.6. The van der Waals surface area contributed by atoms with Crippen molar-refractivity contribution in [2.75, 3.05) is 15.5 Å². The number of amides is 4. The average Bonchev–Trinajstić information content (AvgIpc) is 3.35. The van der Waals surface area contributed by atoms with E-state index in [1.807, 2.05) is 0 Å². The molecule has 0 bridgehead atoms. The summed E-state index contributed by atoms with van der Waals surface area (Å²) in [6.45, 7) is 1.45. The molecule has 38 heavy (non-hydrogen) atoms. The fourth-order valence-electron chi connectivity index (χ4n) is 3.96. The molecule has 4 amide bonds. The van der Waals surface area contributed by atoms with Gasteiger partial charge in [-0.05, 0) is 54.3 Å². The summed E-state index contributed by atoms with van der Waals surface area (Å²) in [6.07, 6.45) is -0.311. The lowest BCUT2D eigenvalue weighted by molar-refractivity contribution is -0.117. The Hall–Kier alpha value is -4.15. The van der Waals surface area contributed by atoms with Crippen molar-refractivity contribution in [1.82, 2.24) is 4.72 Å². The maximum absolute atomic E-state index is 15.1. The fourth-order valence-corrected chi connectivity index (χ4v) is 7.02. The summed E-state index contributed by atoms with van der Waals surface area (Å²) >= 11 is 0.898. The quantitative estimate of drug-likeness (QED) is 0.397. The highest BCUT2D eigenvalue weighted by atomic mass is 32.2. The van der Waals surface area contributed by atoms with Gasteiger partial charge in [-0.3, -0.25) is 9.59 Å². The minimum absolute atomic E-state index is 0.0941. The molecular weight excluding hydrogens is 561 g/mol. The third kappa shape index (κ3) is 4.52.